The van der Waals surface area contributed by atoms with E-state index >= 15 is 0 Å². The van der Waals surface area contributed by atoms with Gasteiger partial charge < -0.3 is 24.8 Å². The zero-order chi connectivity index (χ0) is 19.4. The number of nitrogens with one attached hydrogen (secondary N) is 2. The van der Waals surface area contributed by atoms with Crippen LogP contribution in [0.1, 0.15) is 18.4 Å². The molecule has 1 aliphatic heterocycles. The van der Waals surface area contributed by atoms with Gasteiger partial charge in [-0.15, -0.1) is 12.4 Å². The van der Waals surface area contributed by atoms with Crippen LogP contribution in [0.15, 0.2) is 12.1 Å². The molecule has 1 saturated heterocycles. The van der Waals surface area contributed by atoms with Crippen LogP contribution in [-0.2, 0) is 21.2 Å². The standard InChI is InChI=1S/C17H26N2O6S.ClH/c1-23-13-10-15(25-3)14(24-2)9-12(13)11-19-16(20)17(26(4,21)22)5-7-18-8-6-17;/h9-10,18H,5-8,11H2,1-4H3,(H,19,20);1H. The molecule has 0 spiro atoms. The molecule has 1 aliphatic rings. The van der Waals surface area contributed by atoms with Crippen LogP contribution < -0.4 is 24.8 Å². The molecule has 0 bridgehead atoms. The topological polar surface area (TPSA) is 103 Å². The summed E-state index contributed by atoms with van der Waals surface area (Å²) in [7, 11) is 0.987. The Morgan fingerprint density at radius 1 is 1.07 bits per heavy atom. The highest BCUT2D eigenvalue weighted by atomic mass is 35.5. The Bertz CT molecular complexity index is 763. The Kier molecular flexibility index (Phi) is 8.19. The number of hydrogen-bond donors (Lipinski definition) is 2. The molecule has 0 aromatic heterocycles. The number of amides is 1. The van der Waals surface area contributed by atoms with Crippen LogP contribution in [-0.4, -0.2) is 59.7 Å². The Morgan fingerprint density at radius 3 is 2.07 bits per heavy atom. The number of carbonyl (C=O) groups is 1. The van der Waals surface area contributed by atoms with Gasteiger partial charge in [0.2, 0.25) is 5.91 Å². The fourth-order valence-electron chi connectivity index (χ4n) is 3.16. The van der Waals surface area contributed by atoms with E-state index in [1.807, 2.05) is 0 Å². The number of piperidine rings is 1. The van der Waals surface area contributed by atoms with Crippen molar-refractivity contribution in [1.29, 1.82) is 0 Å². The normalized spacial score (nSPS) is 16.0. The smallest absolute Gasteiger partial charge is 0.241 e. The molecule has 1 aromatic carbocycles. The van der Waals surface area contributed by atoms with Gasteiger partial charge in [0, 0.05) is 24.4 Å². The second-order valence-electron chi connectivity index (χ2n) is 6.22. The van der Waals surface area contributed by atoms with E-state index in [4.69, 9.17) is 14.2 Å². The summed E-state index contributed by atoms with van der Waals surface area (Å²) < 4.78 is 39.1. The molecule has 10 heteroatoms. The van der Waals surface area contributed by atoms with Crippen molar-refractivity contribution < 1.29 is 27.4 Å². The predicted octanol–water partition coefficient (Wildman–Crippen LogP) is 0.917. The third kappa shape index (κ3) is 4.77. The molecule has 1 fully saturated rings. The molecule has 8 nitrogen and oxygen atoms in total. The number of carbonyl (C=O) groups excluding carboxylic acids is 1. The van der Waals surface area contributed by atoms with E-state index in [0.717, 1.165) is 6.26 Å². The first kappa shape index (κ1) is 23.3. The van der Waals surface area contributed by atoms with Crippen molar-refractivity contribution >= 4 is 28.2 Å². The minimum atomic E-state index is -3.56. The molecule has 1 amide bonds. The quantitative estimate of drug-likeness (QED) is 0.673. The number of methoxy groups -OCH3 is 3. The van der Waals surface area contributed by atoms with Crippen LogP contribution in [0.5, 0.6) is 17.2 Å². The van der Waals surface area contributed by atoms with Crippen molar-refractivity contribution in [2.75, 3.05) is 40.7 Å². The molecule has 2 rings (SSSR count). The largest absolute Gasteiger partial charge is 0.496 e. The zero-order valence-corrected chi connectivity index (χ0v) is 17.6. The van der Waals surface area contributed by atoms with Crippen molar-refractivity contribution in [2.45, 2.75) is 24.1 Å². The first-order valence-corrected chi connectivity index (χ1v) is 10.2. The molecule has 1 heterocycles. The molecule has 154 valence electrons. The van der Waals surface area contributed by atoms with E-state index in [2.05, 4.69) is 10.6 Å². The van der Waals surface area contributed by atoms with E-state index in [1.165, 1.54) is 21.3 Å². The highest BCUT2D eigenvalue weighted by molar-refractivity contribution is 7.92. The van der Waals surface area contributed by atoms with Crippen molar-refractivity contribution in [1.82, 2.24) is 10.6 Å². The fraction of sp³-hybridized carbons (Fsp3) is 0.588. The van der Waals surface area contributed by atoms with Gasteiger partial charge in [-0.3, -0.25) is 4.79 Å². The molecule has 2 N–H and O–H groups in total. The van der Waals surface area contributed by atoms with Crippen LogP contribution in [0, 0.1) is 0 Å². The minimum Gasteiger partial charge on any atom is -0.496 e. The van der Waals surface area contributed by atoms with Gasteiger partial charge in [-0.1, -0.05) is 0 Å². The highest BCUT2D eigenvalue weighted by Crippen LogP contribution is 2.35. The lowest BCUT2D eigenvalue weighted by atomic mass is 9.95. The lowest BCUT2D eigenvalue weighted by Gasteiger charge is -2.34. The number of sulfone groups is 1. The van der Waals surface area contributed by atoms with Gasteiger partial charge in [-0.2, -0.15) is 0 Å². The maximum absolute atomic E-state index is 12.8. The molecule has 0 radical (unpaired) electrons. The second-order valence-corrected chi connectivity index (χ2v) is 8.54. The van der Waals surface area contributed by atoms with E-state index in [0.29, 0.717) is 35.9 Å². The zero-order valence-electron chi connectivity index (χ0n) is 16.0. The Labute approximate surface area is 166 Å². The number of ether oxygens (including phenoxy) is 3. The van der Waals surface area contributed by atoms with Crippen molar-refractivity contribution in [2.24, 2.45) is 0 Å². The van der Waals surface area contributed by atoms with E-state index in [9.17, 15) is 13.2 Å². The molecular formula is C17H27ClN2O6S. The van der Waals surface area contributed by atoms with Gasteiger partial charge >= 0.3 is 0 Å². The third-order valence-corrected chi connectivity index (χ3v) is 6.77. The van der Waals surface area contributed by atoms with E-state index < -0.39 is 20.5 Å². The van der Waals surface area contributed by atoms with Crippen LogP contribution in [0.3, 0.4) is 0 Å². The van der Waals surface area contributed by atoms with Crippen molar-refractivity contribution in [3.63, 3.8) is 0 Å². The van der Waals surface area contributed by atoms with Crippen molar-refractivity contribution in [3.8, 4) is 17.2 Å². The summed E-state index contributed by atoms with van der Waals surface area (Å²) in [6.07, 6.45) is 1.62. The molecule has 0 atom stereocenters. The molecule has 0 saturated carbocycles. The summed E-state index contributed by atoms with van der Waals surface area (Å²) in [6, 6.07) is 3.37. The summed E-state index contributed by atoms with van der Waals surface area (Å²) in [6.45, 7) is 1.09. The number of halogens is 1. The Hall–Kier alpha value is -1.71. The number of benzene rings is 1. The van der Waals surface area contributed by atoms with Gasteiger partial charge in [-0.25, -0.2) is 8.42 Å². The maximum atomic E-state index is 12.8. The third-order valence-electron chi connectivity index (χ3n) is 4.76. The lowest BCUT2D eigenvalue weighted by Crippen LogP contribution is -2.57. The molecule has 1 aromatic rings. The van der Waals surface area contributed by atoms with Crippen LogP contribution in [0.2, 0.25) is 0 Å². The van der Waals surface area contributed by atoms with E-state index in [-0.39, 0.29) is 31.8 Å². The number of hydrogen-bond acceptors (Lipinski definition) is 7. The molecule has 0 unspecified atom stereocenters. The summed E-state index contributed by atoms with van der Waals surface area (Å²) in [5.74, 6) is 1.03. The van der Waals surface area contributed by atoms with Gasteiger partial charge in [0.05, 0.1) is 21.3 Å². The Balaban J connectivity index is 0.00000364. The van der Waals surface area contributed by atoms with E-state index in [1.54, 1.807) is 12.1 Å². The first-order chi connectivity index (χ1) is 12.3. The van der Waals surface area contributed by atoms with Crippen LogP contribution >= 0.6 is 12.4 Å². The summed E-state index contributed by atoms with van der Waals surface area (Å²) in [4.78, 5) is 12.8. The fourth-order valence-corrected chi connectivity index (χ4v) is 4.52. The Morgan fingerprint density at radius 2 is 1.59 bits per heavy atom. The predicted molar refractivity (Wildman–Crippen MR) is 105 cm³/mol. The molecular weight excluding hydrogens is 396 g/mol. The van der Waals surface area contributed by atoms with Crippen LogP contribution in [0.25, 0.3) is 0 Å². The summed E-state index contributed by atoms with van der Waals surface area (Å²) >= 11 is 0. The SMILES string of the molecule is COc1cc(OC)c(OC)cc1CNC(=O)C1(S(C)(=O)=O)CCNCC1.Cl. The average Bonchev–Trinajstić information content (AvgIpc) is 2.64. The van der Waals surface area contributed by atoms with Gasteiger partial charge in [-0.05, 0) is 32.0 Å². The van der Waals surface area contributed by atoms with Gasteiger partial charge in [0.1, 0.15) is 5.75 Å². The number of rotatable bonds is 7. The second kappa shape index (κ2) is 9.48. The van der Waals surface area contributed by atoms with Gasteiger partial charge in [0.15, 0.2) is 26.1 Å². The monoisotopic (exact) mass is 422 g/mol. The molecule has 0 aliphatic carbocycles. The minimum absolute atomic E-state index is 0. The summed E-state index contributed by atoms with van der Waals surface area (Å²) in [5.41, 5.74) is 0.663. The lowest BCUT2D eigenvalue weighted by molar-refractivity contribution is -0.124. The van der Waals surface area contributed by atoms with Gasteiger partial charge in [0.25, 0.3) is 0 Å². The van der Waals surface area contributed by atoms with Crippen LogP contribution in [0.4, 0.5) is 0 Å². The highest BCUT2D eigenvalue weighted by Gasteiger charge is 2.48. The first-order valence-electron chi connectivity index (χ1n) is 8.26. The van der Waals surface area contributed by atoms with Crippen molar-refractivity contribution in [3.05, 3.63) is 17.7 Å². The maximum Gasteiger partial charge on any atom is 0.241 e. The average molecular weight is 423 g/mol. The molecule has 27 heavy (non-hydrogen) atoms. The summed E-state index contributed by atoms with van der Waals surface area (Å²) in [5, 5.41) is 5.85.